The van der Waals surface area contributed by atoms with Crippen LogP contribution in [0.5, 0.6) is 11.5 Å². The highest BCUT2D eigenvalue weighted by Gasteiger charge is 2.23. The molecule has 0 atom stereocenters. The molecular formula is C28H31N3O3. The average molecular weight is 458 g/mol. The number of phenolic OH excluding ortho intramolecular Hbond substituents is 2. The van der Waals surface area contributed by atoms with Crippen molar-refractivity contribution in [1.82, 2.24) is 9.97 Å². The molecule has 1 amide bonds. The summed E-state index contributed by atoms with van der Waals surface area (Å²) in [5.41, 5.74) is 5.54. The Hall–Kier alpha value is -3.41. The topological polar surface area (TPSA) is 95.3 Å². The molecule has 5 rings (SSSR count). The molecule has 6 heteroatoms. The van der Waals surface area contributed by atoms with Gasteiger partial charge in [-0.15, -0.1) is 0 Å². The fourth-order valence-electron chi connectivity index (χ4n) is 5.23. The summed E-state index contributed by atoms with van der Waals surface area (Å²) in [6.07, 6.45) is 10.0. The summed E-state index contributed by atoms with van der Waals surface area (Å²) >= 11 is 0. The van der Waals surface area contributed by atoms with Crippen molar-refractivity contribution < 1.29 is 15.0 Å². The zero-order chi connectivity index (χ0) is 23.5. The molecule has 1 aromatic heterocycles. The van der Waals surface area contributed by atoms with Crippen molar-refractivity contribution in [2.24, 2.45) is 5.92 Å². The minimum absolute atomic E-state index is 0.139. The first kappa shape index (κ1) is 22.4. The number of carbonyl (C=O) groups excluding carboxylic acids is 1. The van der Waals surface area contributed by atoms with Gasteiger partial charge >= 0.3 is 0 Å². The Labute approximate surface area is 200 Å². The third-order valence-corrected chi connectivity index (χ3v) is 7.09. The zero-order valence-electron chi connectivity index (χ0n) is 19.4. The van der Waals surface area contributed by atoms with Gasteiger partial charge in [-0.2, -0.15) is 0 Å². The maximum atomic E-state index is 12.9. The van der Waals surface area contributed by atoms with Crippen LogP contribution >= 0.6 is 0 Å². The smallest absolute Gasteiger partial charge is 0.229 e. The van der Waals surface area contributed by atoms with E-state index in [-0.39, 0.29) is 23.8 Å². The van der Waals surface area contributed by atoms with E-state index in [9.17, 15) is 15.0 Å². The van der Waals surface area contributed by atoms with Crippen LogP contribution in [0.25, 0.3) is 11.3 Å². The fraction of sp³-hybridized carbons (Fsp3) is 0.393. The number of aromatic hydroxyl groups is 2. The quantitative estimate of drug-likeness (QED) is 0.464. The number of rotatable bonds is 6. The SMILES string of the molecule is O=C(Cc1ccc(O)cc1)Nc1nc2c(nc1CCC1CCCCC1)-c1ccc(O)cc1CC2. The van der Waals surface area contributed by atoms with Crippen molar-refractivity contribution in [1.29, 1.82) is 0 Å². The Morgan fingerprint density at radius 1 is 0.941 bits per heavy atom. The lowest BCUT2D eigenvalue weighted by Crippen LogP contribution is -2.20. The van der Waals surface area contributed by atoms with Gasteiger partial charge in [-0.3, -0.25) is 4.79 Å². The molecule has 1 fully saturated rings. The molecule has 0 aliphatic heterocycles. The number of hydrogen-bond acceptors (Lipinski definition) is 5. The molecule has 2 aliphatic carbocycles. The van der Waals surface area contributed by atoms with Crippen LogP contribution in [0.2, 0.25) is 0 Å². The van der Waals surface area contributed by atoms with Crippen molar-refractivity contribution in [3.8, 4) is 22.8 Å². The van der Waals surface area contributed by atoms with Crippen molar-refractivity contribution in [3.05, 3.63) is 65.0 Å². The van der Waals surface area contributed by atoms with Crippen LogP contribution in [0, 0.1) is 5.92 Å². The summed E-state index contributed by atoms with van der Waals surface area (Å²) in [6, 6.07) is 12.1. The molecule has 2 aliphatic rings. The Morgan fingerprint density at radius 3 is 2.50 bits per heavy atom. The number of nitrogens with one attached hydrogen (secondary N) is 1. The summed E-state index contributed by atoms with van der Waals surface area (Å²) in [4.78, 5) is 22.8. The standard InChI is InChI=1S/C28H31N3O3/c32-21-10-6-19(7-11-21)16-26(34)31-28-25(14-8-18-4-2-1-3-5-18)29-27-23-13-12-22(33)17-20(23)9-15-24(27)30-28/h6-7,10-13,17-18,32-33H,1-5,8-9,14-16H2,(H,30,31,34). The largest absolute Gasteiger partial charge is 0.508 e. The predicted molar refractivity (Wildman–Crippen MR) is 132 cm³/mol. The predicted octanol–water partition coefficient (Wildman–Crippen LogP) is 5.35. The van der Waals surface area contributed by atoms with Gasteiger partial charge in [-0.1, -0.05) is 44.2 Å². The van der Waals surface area contributed by atoms with E-state index in [2.05, 4.69) is 5.32 Å². The lowest BCUT2D eigenvalue weighted by molar-refractivity contribution is -0.115. The molecule has 0 radical (unpaired) electrons. The monoisotopic (exact) mass is 457 g/mol. The Bertz CT molecular complexity index is 1180. The second-order valence-corrected chi connectivity index (χ2v) is 9.59. The minimum atomic E-state index is -0.139. The molecule has 0 unspecified atom stereocenters. The number of hydrogen-bond donors (Lipinski definition) is 3. The lowest BCUT2D eigenvalue weighted by Gasteiger charge is -2.23. The third-order valence-electron chi connectivity index (χ3n) is 7.09. The maximum Gasteiger partial charge on any atom is 0.229 e. The Balaban J connectivity index is 1.42. The summed E-state index contributed by atoms with van der Waals surface area (Å²) in [6.45, 7) is 0. The van der Waals surface area contributed by atoms with Crippen LogP contribution in [0.4, 0.5) is 5.82 Å². The van der Waals surface area contributed by atoms with Crippen molar-refractivity contribution >= 4 is 11.7 Å². The van der Waals surface area contributed by atoms with Gasteiger partial charge in [0.05, 0.1) is 23.5 Å². The molecular weight excluding hydrogens is 426 g/mol. The van der Waals surface area contributed by atoms with Gasteiger partial charge in [-0.05, 0) is 73.1 Å². The number of nitrogens with zero attached hydrogens (tertiary/aromatic N) is 2. The number of anilines is 1. The number of fused-ring (bicyclic) bond motifs is 3. The molecule has 34 heavy (non-hydrogen) atoms. The number of phenols is 2. The molecule has 6 nitrogen and oxygen atoms in total. The third kappa shape index (κ3) is 5.06. The number of amides is 1. The first-order valence-corrected chi connectivity index (χ1v) is 12.3. The van der Waals surface area contributed by atoms with Crippen LogP contribution in [-0.2, 0) is 30.5 Å². The van der Waals surface area contributed by atoms with Crippen LogP contribution < -0.4 is 5.32 Å². The van der Waals surface area contributed by atoms with Gasteiger partial charge in [0.15, 0.2) is 5.82 Å². The van der Waals surface area contributed by atoms with Gasteiger partial charge < -0.3 is 15.5 Å². The zero-order valence-corrected chi connectivity index (χ0v) is 19.4. The van der Waals surface area contributed by atoms with Gasteiger partial charge in [0, 0.05) is 5.56 Å². The van der Waals surface area contributed by atoms with Gasteiger partial charge in [-0.25, -0.2) is 9.97 Å². The second-order valence-electron chi connectivity index (χ2n) is 9.59. The van der Waals surface area contributed by atoms with E-state index in [0.29, 0.717) is 11.7 Å². The number of benzene rings is 2. The van der Waals surface area contributed by atoms with Crippen molar-refractivity contribution in [2.75, 3.05) is 5.32 Å². The molecule has 176 valence electrons. The lowest BCUT2D eigenvalue weighted by atomic mass is 9.85. The molecule has 3 aromatic rings. The van der Waals surface area contributed by atoms with E-state index >= 15 is 0 Å². The van der Waals surface area contributed by atoms with Crippen LogP contribution in [-0.4, -0.2) is 26.1 Å². The minimum Gasteiger partial charge on any atom is -0.508 e. The number of aryl methyl sites for hydroxylation is 3. The van der Waals surface area contributed by atoms with Crippen LogP contribution in [0.15, 0.2) is 42.5 Å². The first-order valence-electron chi connectivity index (χ1n) is 12.3. The van der Waals surface area contributed by atoms with E-state index in [0.717, 1.165) is 59.5 Å². The highest BCUT2D eigenvalue weighted by atomic mass is 16.3. The molecule has 0 bridgehead atoms. The molecule has 0 spiro atoms. The number of carbonyl (C=O) groups is 1. The molecule has 1 heterocycles. The van der Waals surface area contributed by atoms with Crippen molar-refractivity contribution in [3.63, 3.8) is 0 Å². The molecule has 2 aromatic carbocycles. The van der Waals surface area contributed by atoms with Crippen LogP contribution in [0.1, 0.15) is 61.0 Å². The second kappa shape index (κ2) is 9.84. The maximum absolute atomic E-state index is 12.9. The summed E-state index contributed by atoms with van der Waals surface area (Å²) in [7, 11) is 0. The summed E-state index contributed by atoms with van der Waals surface area (Å²) in [5, 5.41) is 22.4. The van der Waals surface area contributed by atoms with Gasteiger partial charge in [0.1, 0.15) is 11.5 Å². The van der Waals surface area contributed by atoms with E-state index in [1.165, 1.54) is 32.1 Å². The Kier molecular flexibility index (Phi) is 6.48. The number of aromatic nitrogens is 2. The average Bonchev–Trinajstić information content (AvgIpc) is 2.84. The Morgan fingerprint density at radius 2 is 1.71 bits per heavy atom. The summed E-state index contributed by atoms with van der Waals surface area (Å²) in [5.74, 6) is 1.59. The van der Waals surface area contributed by atoms with E-state index in [1.807, 2.05) is 12.1 Å². The fourth-order valence-corrected chi connectivity index (χ4v) is 5.23. The van der Waals surface area contributed by atoms with Gasteiger partial charge in [0.2, 0.25) is 5.91 Å². The normalized spacial score (nSPS) is 15.4. The highest BCUT2D eigenvalue weighted by molar-refractivity contribution is 5.92. The van der Waals surface area contributed by atoms with E-state index < -0.39 is 0 Å². The summed E-state index contributed by atoms with van der Waals surface area (Å²) < 4.78 is 0. The molecule has 3 N–H and O–H groups in total. The molecule has 0 saturated heterocycles. The first-order chi connectivity index (χ1) is 16.5. The van der Waals surface area contributed by atoms with E-state index in [1.54, 1.807) is 30.3 Å². The van der Waals surface area contributed by atoms with E-state index in [4.69, 9.17) is 9.97 Å². The highest BCUT2D eigenvalue weighted by Crippen LogP contribution is 2.35. The molecule has 1 saturated carbocycles. The van der Waals surface area contributed by atoms with Crippen LogP contribution in [0.3, 0.4) is 0 Å². The van der Waals surface area contributed by atoms with Gasteiger partial charge in [0.25, 0.3) is 0 Å². The van der Waals surface area contributed by atoms with Crippen molar-refractivity contribution in [2.45, 2.75) is 64.2 Å².